The first-order valence-electron chi connectivity index (χ1n) is 8.63. The van der Waals surface area contributed by atoms with Crippen molar-refractivity contribution >= 4 is 11.8 Å². The highest BCUT2D eigenvalue weighted by atomic mass is 16.5. The summed E-state index contributed by atoms with van der Waals surface area (Å²) in [6.07, 6.45) is 2.25. The standard InChI is InChI=1S/C18H25N3O4/c1-24-15-5-3-4-12(17(15)25-2)11-21-9-8-19-18(23)14(21)10-16(22)20-13-6-7-13/h3-5,13-14H,6-11H2,1-2H3,(H,19,23)(H,20,22). The Bertz CT molecular complexity index is 645. The lowest BCUT2D eigenvalue weighted by atomic mass is 10.1. The first-order valence-corrected chi connectivity index (χ1v) is 8.63. The molecule has 1 aromatic rings. The number of nitrogens with zero attached hydrogens (tertiary/aromatic N) is 1. The van der Waals surface area contributed by atoms with Crippen molar-refractivity contribution in [3.8, 4) is 11.5 Å². The van der Waals surface area contributed by atoms with Gasteiger partial charge in [0.1, 0.15) is 0 Å². The summed E-state index contributed by atoms with van der Waals surface area (Å²) in [6, 6.07) is 5.52. The Balaban J connectivity index is 1.74. The van der Waals surface area contributed by atoms with Crippen LogP contribution in [0.5, 0.6) is 11.5 Å². The monoisotopic (exact) mass is 347 g/mol. The molecule has 2 amide bonds. The molecule has 0 radical (unpaired) electrons. The Morgan fingerprint density at radius 2 is 2.12 bits per heavy atom. The molecular weight excluding hydrogens is 322 g/mol. The van der Waals surface area contributed by atoms with Crippen LogP contribution in [0.25, 0.3) is 0 Å². The molecule has 2 N–H and O–H groups in total. The zero-order valence-corrected chi connectivity index (χ0v) is 14.7. The number of benzene rings is 1. The molecule has 0 aromatic heterocycles. The van der Waals surface area contributed by atoms with Crippen LogP contribution in [0.2, 0.25) is 0 Å². The van der Waals surface area contributed by atoms with E-state index < -0.39 is 6.04 Å². The number of carbonyl (C=O) groups excluding carboxylic acids is 2. The Morgan fingerprint density at radius 3 is 2.80 bits per heavy atom. The maximum atomic E-state index is 12.3. The van der Waals surface area contributed by atoms with E-state index in [9.17, 15) is 9.59 Å². The molecule has 1 unspecified atom stereocenters. The van der Waals surface area contributed by atoms with Crippen molar-refractivity contribution in [3.05, 3.63) is 23.8 Å². The van der Waals surface area contributed by atoms with E-state index in [0.29, 0.717) is 37.2 Å². The molecular formula is C18H25N3O4. The van der Waals surface area contributed by atoms with Gasteiger partial charge >= 0.3 is 0 Å². The molecule has 136 valence electrons. The summed E-state index contributed by atoms with van der Waals surface area (Å²) in [7, 11) is 3.20. The van der Waals surface area contributed by atoms with E-state index in [1.165, 1.54) is 0 Å². The third kappa shape index (κ3) is 4.22. The van der Waals surface area contributed by atoms with Crippen LogP contribution in [0.3, 0.4) is 0 Å². The van der Waals surface area contributed by atoms with Crippen LogP contribution >= 0.6 is 0 Å². The van der Waals surface area contributed by atoms with Gasteiger partial charge in [0.15, 0.2) is 11.5 Å². The van der Waals surface area contributed by atoms with E-state index >= 15 is 0 Å². The average Bonchev–Trinajstić information content (AvgIpc) is 3.41. The van der Waals surface area contributed by atoms with Gasteiger partial charge in [0.25, 0.3) is 0 Å². The summed E-state index contributed by atoms with van der Waals surface area (Å²) in [6.45, 7) is 1.79. The average molecular weight is 347 g/mol. The second kappa shape index (κ2) is 7.74. The van der Waals surface area contributed by atoms with Crippen LogP contribution in [0.15, 0.2) is 18.2 Å². The number of ether oxygens (including phenoxy) is 2. The van der Waals surface area contributed by atoms with Crippen molar-refractivity contribution < 1.29 is 19.1 Å². The number of piperazine rings is 1. The van der Waals surface area contributed by atoms with Crippen molar-refractivity contribution in [1.29, 1.82) is 0 Å². The smallest absolute Gasteiger partial charge is 0.237 e. The molecule has 0 bridgehead atoms. The number of hydrogen-bond acceptors (Lipinski definition) is 5. The molecule has 1 saturated heterocycles. The maximum absolute atomic E-state index is 12.3. The largest absolute Gasteiger partial charge is 0.493 e. The normalized spacial score (nSPS) is 20.7. The first-order chi connectivity index (χ1) is 12.1. The minimum atomic E-state index is -0.469. The predicted octanol–water partition coefficient (Wildman–Crippen LogP) is 0.673. The lowest BCUT2D eigenvalue weighted by Crippen LogP contribution is -2.56. The minimum Gasteiger partial charge on any atom is -0.493 e. The van der Waals surface area contributed by atoms with Gasteiger partial charge in [-0.15, -0.1) is 0 Å². The fourth-order valence-corrected chi connectivity index (χ4v) is 3.16. The van der Waals surface area contributed by atoms with Gasteiger partial charge in [0.2, 0.25) is 11.8 Å². The first kappa shape index (κ1) is 17.5. The molecule has 1 saturated carbocycles. The van der Waals surface area contributed by atoms with E-state index in [2.05, 4.69) is 10.6 Å². The van der Waals surface area contributed by atoms with Crippen LogP contribution in [0, 0.1) is 0 Å². The Hall–Kier alpha value is -2.28. The number of methoxy groups -OCH3 is 2. The third-order valence-corrected chi connectivity index (χ3v) is 4.62. The third-order valence-electron chi connectivity index (χ3n) is 4.62. The number of amides is 2. The predicted molar refractivity (Wildman–Crippen MR) is 92.5 cm³/mol. The maximum Gasteiger partial charge on any atom is 0.237 e. The van der Waals surface area contributed by atoms with E-state index in [1.54, 1.807) is 14.2 Å². The molecule has 1 aliphatic carbocycles. The molecule has 7 nitrogen and oxygen atoms in total. The van der Waals surface area contributed by atoms with E-state index in [4.69, 9.17) is 9.47 Å². The van der Waals surface area contributed by atoms with Crippen molar-refractivity contribution in [2.75, 3.05) is 27.3 Å². The molecule has 0 spiro atoms. The Morgan fingerprint density at radius 1 is 1.32 bits per heavy atom. The fourth-order valence-electron chi connectivity index (χ4n) is 3.16. The number of para-hydroxylation sites is 1. The van der Waals surface area contributed by atoms with Gasteiger partial charge in [-0.25, -0.2) is 0 Å². The molecule has 1 heterocycles. The van der Waals surface area contributed by atoms with Gasteiger partial charge in [0, 0.05) is 31.2 Å². The van der Waals surface area contributed by atoms with Crippen LogP contribution < -0.4 is 20.1 Å². The lowest BCUT2D eigenvalue weighted by Gasteiger charge is -2.35. The summed E-state index contributed by atoms with van der Waals surface area (Å²) in [4.78, 5) is 26.5. The van der Waals surface area contributed by atoms with Gasteiger partial charge < -0.3 is 20.1 Å². The van der Waals surface area contributed by atoms with Crippen LogP contribution in [0.4, 0.5) is 0 Å². The van der Waals surface area contributed by atoms with Crippen molar-refractivity contribution in [1.82, 2.24) is 15.5 Å². The van der Waals surface area contributed by atoms with Crippen LogP contribution in [-0.4, -0.2) is 56.1 Å². The summed E-state index contributed by atoms with van der Waals surface area (Å²) in [5.74, 6) is 1.16. The van der Waals surface area contributed by atoms with Crippen molar-refractivity contribution in [2.24, 2.45) is 0 Å². The van der Waals surface area contributed by atoms with Gasteiger partial charge in [-0.3, -0.25) is 14.5 Å². The van der Waals surface area contributed by atoms with Gasteiger partial charge in [-0.1, -0.05) is 12.1 Å². The number of rotatable bonds is 7. The highest BCUT2D eigenvalue weighted by Gasteiger charge is 2.33. The molecule has 1 aromatic carbocycles. The van der Waals surface area contributed by atoms with E-state index in [0.717, 1.165) is 18.4 Å². The van der Waals surface area contributed by atoms with Gasteiger partial charge in [0.05, 0.1) is 26.7 Å². The van der Waals surface area contributed by atoms with E-state index in [-0.39, 0.29) is 18.2 Å². The molecule has 2 fully saturated rings. The second-order valence-electron chi connectivity index (χ2n) is 6.48. The summed E-state index contributed by atoms with van der Waals surface area (Å²) >= 11 is 0. The Kier molecular flexibility index (Phi) is 5.43. The zero-order valence-electron chi connectivity index (χ0n) is 14.7. The zero-order chi connectivity index (χ0) is 17.8. The lowest BCUT2D eigenvalue weighted by molar-refractivity contribution is -0.134. The summed E-state index contributed by atoms with van der Waals surface area (Å²) in [5.41, 5.74) is 0.934. The molecule has 25 heavy (non-hydrogen) atoms. The van der Waals surface area contributed by atoms with Gasteiger partial charge in [-0.2, -0.15) is 0 Å². The highest BCUT2D eigenvalue weighted by Crippen LogP contribution is 2.32. The molecule has 3 rings (SSSR count). The Labute approximate surface area is 147 Å². The van der Waals surface area contributed by atoms with Crippen molar-refractivity contribution in [2.45, 2.75) is 37.9 Å². The second-order valence-corrected chi connectivity index (χ2v) is 6.48. The number of hydrogen-bond donors (Lipinski definition) is 2. The number of nitrogens with one attached hydrogen (secondary N) is 2. The van der Waals surface area contributed by atoms with E-state index in [1.807, 2.05) is 23.1 Å². The molecule has 1 aliphatic heterocycles. The quantitative estimate of drug-likeness (QED) is 0.758. The fraction of sp³-hybridized carbons (Fsp3) is 0.556. The summed E-state index contributed by atoms with van der Waals surface area (Å²) in [5, 5.41) is 5.81. The van der Waals surface area contributed by atoms with Gasteiger partial charge in [-0.05, 0) is 18.9 Å². The van der Waals surface area contributed by atoms with Crippen LogP contribution in [0.1, 0.15) is 24.8 Å². The molecule has 2 aliphatic rings. The molecule has 7 heteroatoms. The summed E-state index contributed by atoms with van der Waals surface area (Å²) < 4.78 is 10.8. The van der Waals surface area contributed by atoms with Crippen LogP contribution in [-0.2, 0) is 16.1 Å². The minimum absolute atomic E-state index is 0.0628. The topological polar surface area (TPSA) is 79.9 Å². The number of carbonyl (C=O) groups is 2. The highest BCUT2D eigenvalue weighted by molar-refractivity contribution is 5.89. The van der Waals surface area contributed by atoms with Crippen molar-refractivity contribution in [3.63, 3.8) is 0 Å². The molecule has 1 atom stereocenters. The SMILES string of the molecule is COc1cccc(CN2CCNC(=O)C2CC(=O)NC2CC2)c1OC.